The topological polar surface area (TPSA) is 45.2 Å². The molecule has 2 atom stereocenters. The van der Waals surface area contributed by atoms with Gasteiger partial charge in [-0.1, -0.05) is 6.07 Å². The van der Waals surface area contributed by atoms with E-state index >= 15 is 0 Å². The summed E-state index contributed by atoms with van der Waals surface area (Å²) in [6.07, 6.45) is 0.0985. The quantitative estimate of drug-likeness (QED) is 0.829. The number of nitrogens with zero attached hydrogens (tertiary/aromatic N) is 2. The van der Waals surface area contributed by atoms with Gasteiger partial charge in [0.2, 0.25) is 0 Å². The Morgan fingerprint density at radius 1 is 1.25 bits per heavy atom. The van der Waals surface area contributed by atoms with Gasteiger partial charge in [0.1, 0.15) is 0 Å². The summed E-state index contributed by atoms with van der Waals surface area (Å²) in [5.74, 6) is 1.52. The summed E-state index contributed by atoms with van der Waals surface area (Å²) in [7, 11) is 2.15. The summed E-state index contributed by atoms with van der Waals surface area (Å²) in [6.45, 7) is 11.9. The van der Waals surface area contributed by atoms with Crippen molar-refractivity contribution < 1.29 is 14.6 Å². The van der Waals surface area contributed by atoms with Crippen LogP contribution in [0.4, 0.5) is 0 Å². The molecule has 1 aromatic carbocycles. The molecule has 5 heteroatoms. The van der Waals surface area contributed by atoms with E-state index in [2.05, 4.69) is 23.8 Å². The SMILES string of the molecule is CCOc1cc(C(CO)N2CCN(C)CC2C)ccc1OC(C)C. The van der Waals surface area contributed by atoms with Gasteiger partial charge in [-0.2, -0.15) is 0 Å². The van der Waals surface area contributed by atoms with Gasteiger partial charge < -0.3 is 19.5 Å². The molecule has 0 aromatic heterocycles. The van der Waals surface area contributed by atoms with Crippen LogP contribution in [0.15, 0.2) is 18.2 Å². The highest BCUT2D eigenvalue weighted by Gasteiger charge is 2.29. The lowest BCUT2D eigenvalue weighted by Crippen LogP contribution is -2.52. The minimum Gasteiger partial charge on any atom is -0.490 e. The van der Waals surface area contributed by atoms with Crippen LogP contribution in [0.5, 0.6) is 11.5 Å². The van der Waals surface area contributed by atoms with E-state index < -0.39 is 0 Å². The average Bonchev–Trinajstić information content (AvgIpc) is 2.52. The Kier molecular flexibility index (Phi) is 6.90. The number of hydrogen-bond donors (Lipinski definition) is 1. The third-order valence-electron chi connectivity index (χ3n) is 4.47. The van der Waals surface area contributed by atoms with Crippen LogP contribution in [0.2, 0.25) is 0 Å². The molecule has 0 radical (unpaired) electrons. The summed E-state index contributed by atoms with van der Waals surface area (Å²) in [4.78, 5) is 4.72. The van der Waals surface area contributed by atoms with Crippen LogP contribution in [0.3, 0.4) is 0 Å². The summed E-state index contributed by atoms with van der Waals surface area (Å²) in [5, 5.41) is 10.0. The molecule has 2 rings (SSSR count). The van der Waals surface area contributed by atoms with E-state index in [-0.39, 0.29) is 18.8 Å². The smallest absolute Gasteiger partial charge is 0.161 e. The van der Waals surface area contributed by atoms with Crippen molar-refractivity contribution in [3.8, 4) is 11.5 Å². The number of hydrogen-bond acceptors (Lipinski definition) is 5. The molecule has 24 heavy (non-hydrogen) atoms. The summed E-state index contributed by atoms with van der Waals surface area (Å²) >= 11 is 0. The Balaban J connectivity index is 2.26. The average molecular weight is 336 g/mol. The second-order valence-corrected chi connectivity index (χ2v) is 6.85. The van der Waals surface area contributed by atoms with Gasteiger partial charge in [-0.3, -0.25) is 4.90 Å². The molecule has 0 aliphatic carbocycles. The first-order valence-electron chi connectivity index (χ1n) is 8.94. The van der Waals surface area contributed by atoms with Gasteiger partial charge in [0.05, 0.1) is 25.4 Å². The van der Waals surface area contributed by atoms with Gasteiger partial charge in [-0.15, -0.1) is 0 Å². The molecule has 1 saturated heterocycles. The number of likely N-dealkylation sites (N-methyl/N-ethyl adjacent to an activating group) is 1. The van der Waals surface area contributed by atoms with E-state index in [4.69, 9.17) is 9.47 Å². The van der Waals surface area contributed by atoms with E-state index in [0.29, 0.717) is 12.6 Å². The zero-order chi connectivity index (χ0) is 17.7. The molecule has 0 spiro atoms. The molecule has 0 bridgehead atoms. The van der Waals surface area contributed by atoms with Crippen LogP contribution in [0.25, 0.3) is 0 Å². The van der Waals surface area contributed by atoms with Crippen LogP contribution in [-0.4, -0.2) is 66.9 Å². The first-order valence-corrected chi connectivity index (χ1v) is 8.94. The van der Waals surface area contributed by atoms with Crippen LogP contribution in [0, 0.1) is 0 Å². The molecule has 1 aliphatic rings. The maximum Gasteiger partial charge on any atom is 0.161 e. The number of aliphatic hydroxyl groups is 1. The molecule has 136 valence electrons. The van der Waals surface area contributed by atoms with Crippen molar-refractivity contribution in [1.29, 1.82) is 0 Å². The second kappa shape index (κ2) is 8.70. The van der Waals surface area contributed by atoms with Crippen molar-refractivity contribution in [2.24, 2.45) is 0 Å². The van der Waals surface area contributed by atoms with Gasteiger partial charge in [-0.25, -0.2) is 0 Å². The standard InChI is InChI=1S/C19H32N2O3/c1-6-23-19-11-16(7-8-18(19)24-14(2)3)17(13-22)21-10-9-20(5)12-15(21)4/h7-8,11,14-15,17,22H,6,9-10,12-13H2,1-5H3. The summed E-state index contributed by atoms with van der Waals surface area (Å²) in [5.41, 5.74) is 1.08. The molecule has 0 saturated carbocycles. The monoisotopic (exact) mass is 336 g/mol. The molecule has 2 unspecified atom stereocenters. The van der Waals surface area contributed by atoms with Crippen molar-refractivity contribution in [3.05, 3.63) is 23.8 Å². The van der Waals surface area contributed by atoms with Crippen LogP contribution in [-0.2, 0) is 0 Å². The Morgan fingerprint density at radius 2 is 2.00 bits per heavy atom. The zero-order valence-electron chi connectivity index (χ0n) is 15.7. The number of rotatable bonds is 7. The highest BCUT2D eigenvalue weighted by Crippen LogP contribution is 2.34. The highest BCUT2D eigenvalue weighted by molar-refractivity contribution is 5.44. The third-order valence-corrected chi connectivity index (χ3v) is 4.47. The van der Waals surface area contributed by atoms with E-state index in [9.17, 15) is 5.11 Å². The van der Waals surface area contributed by atoms with E-state index in [0.717, 1.165) is 36.7 Å². The van der Waals surface area contributed by atoms with E-state index in [1.54, 1.807) is 0 Å². The Hall–Kier alpha value is -1.30. The molecular weight excluding hydrogens is 304 g/mol. The Bertz CT molecular complexity index is 521. The fourth-order valence-corrected chi connectivity index (χ4v) is 3.37. The summed E-state index contributed by atoms with van der Waals surface area (Å²) < 4.78 is 11.6. The zero-order valence-corrected chi connectivity index (χ0v) is 15.7. The number of aliphatic hydroxyl groups excluding tert-OH is 1. The van der Waals surface area contributed by atoms with Gasteiger partial charge in [-0.05, 0) is 52.4 Å². The number of ether oxygens (including phenoxy) is 2. The second-order valence-electron chi connectivity index (χ2n) is 6.85. The molecule has 0 amide bonds. The third kappa shape index (κ3) is 4.62. The normalized spacial score (nSPS) is 21.0. The first kappa shape index (κ1) is 19.0. The van der Waals surface area contributed by atoms with Crippen molar-refractivity contribution in [2.45, 2.75) is 45.9 Å². The van der Waals surface area contributed by atoms with Gasteiger partial charge in [0, 0.05) is 25.7 Å². The maximum absolute atomic E-state index is 10.0. The van der Waals surface area contributed by atoms with Crippen molar-refractivity contribution >= 4 is 0 Å². The molecule has 1 aromatic rings. The predicted octanol–water partition coefficient (Wildman–Crippen LogP) is 2.54. The Labute approximate surface area is 146 Å². The minimum atomic E-state index is -0.0130. The predicted molar refractivity (Wildman–Crippen MR) is 96.9 cm³/mol. The fourth-order valence-electron chi connectivity index (χ4n) is 3.37. The largest absolute Gasteiger partial charge is 0.490 e. The molecular formula is C19H32N2O3. The maximum atomic E-state index is 10.0. The van der Waals surface area contributed by atoms with Gasteiger partial charge >= 0.3 is 0 Å². The van der Waals surface area contributed by atoms with E-state index in [1.165, 1.54) is 0 Å². The molecule has 5 nitrogen and oxygen atoms in total. The van der Waals surface area contributed by atoms with Crippen LogP contribution < -0.4 is 9.47 Å². The van der Waals surface area contributed by atoms with Gasteiger partial charge in [0.25, 0.3) is 0 Å². The molecule has 1 aliphatic heterocycles. The molecule has 1 fully saturated rings. The minimum absolute atomic E-state index is 0.0130. The Morgan fingerprint density at radius 3 is 2.58 bits per heavy atom. The summed E-state index contributed by atoms with van der Waals surface area (Å²) in [6, 6.07) is 6.42. The van der Waals surface area contributed by atoms with Crippen molar-refractivity contribution in [3.63, 3.8) is 0 Å². The number of piperazine rings is 1. The van der Waals surface area contributed by atoms with Crippen LogP contribution >= 0.6 is 0 Å². The lowest BCUT2D eigenvalue weighted by atomic mass is 10.0. The molecule has 1 heterocycles. The van der Waals surface area contributed by atoms with Crippen molar-refractivity contribution in [1.82, 2.24) is 9.80 Å². The first-order chi connectivity index (χ1) is 11.5. The highest BCUT2D eigenvalue weighted by atomic mass is 16.5. The molecule has 1 N–H and O–H groups in total. The number of benzene rings is 1. The van der Waals surface area contributed by atoms with Crippen molar-refractivity contribution in [2.75, 3.05) is 39.9 Å². The van der Waals surface area contributed by atoms with E-state index in [1.807, 2.05) is 39.0 Å². The fraction of sp³-hybridized carbons (Fsp3) is 0.684. The lowest BCUT2D eigenvalue weighted by Gasteiger charge is -2.42. The van der Waals surface area contributed by atoms with Gasteiger partial charge in [0.15, 0.2) is 11.5 Å². The lowest BCUT2D eigenvalue weighted by molar-refractivity contribution is 0.0340. The van der Waals surface area contributed by atoms with Crippen LogP contribution in [0.1, 0.15) is 39.3 Å².